The van der Waals surface area contributed by atoms with E-state index < -0.39 is 11.6 Å². The van der Waals surface area contributed by atoms with Crippen molar-refractivity contribution in [2.24, 2.45) is 0 Å². The summed E-state index contributed by atoms with van der Waals surface area (Å²) in [6.07, 6.45) is 4.48. The van der Waals surface area contributed by atoms with Crippen molar-refractivity contribution in [2.45, 2.75) is 19.0 Å². The first-order valence-electron chi connectivity index (χ1n) is 12.6. The van der Waals surface area contributed by atoms with Crippen LogP contribution in [0.4, 0.5) is 11.6 Å². The summed E-state index contributed by atoms with van der Waals surface area (Å²) in [6.45, 7) is 2.86. The molecule has 4 N–H and O–H groups in total. The standard InChI is InChI=1S/C28H28Cl2N6O6/c1-4-22(39)33-17-6-5-16(31-12-17)7-8-36-26-15(11-32-28(35-26)34-18(13-37)14-38)9-19(27(36)40)23-24(29)20(41-2)10-21(42-3)25(23)30/h4-6,9-12,18,37-38H,1,7-8,13-14H2,2-3H3,(H,33,39)(H,32,34,35). The molecule has 0 saturated heterocycles. The third-order valence-corrected chi connectivity index (χ3v) is 7.06. The van der Waals surface area contributed by atoms with E-state index in [1.54, 1.807) is 18.2 Å². The second-order valence-corrected chi connectivity index (χ2v) is 9.72. The number of aliphatic hydroxyl groups excluding tert-OH is 2. The average molecular weight is 615 g/mol. The van der Waals surface area contributed by atoms with Gasteiger partial charge in [-0.05, 0) is 24.3 Å². The van der Waals surface area contributed by atoms with Crippen LogP contribution in [-0.2, 0) is 17.8 Å². The number of ether oxygens (including phenoxy) is 2. The van der Waals surface area contributed by atoms with Crippen LogP contribution in [0.2, 0.25) is 10.0 Å². The third-order valence-electron chi connectivity index (χ3n) is 6.31. The van der Waals surface area contributed by atoms with Gasteiger partial charge in [0, 0.05) is 41.9 Å². The number of aryl methyl sites for hydroxylation is 2. The molecule has 0 radical (unpaired) electrons. The quantitative estimate of drug-likeness (QED) is 0.174. The lowest BCUT2D eigenvalue weighted by molar-refractivity contribution is -0.111. The minimum Gasteiger partial charge on any atom is -0.495 e. The summed E-state index contributed by atoms with van der Waals surface area (Å²) in [6, 6.07) is 5.82. The minimum absolute atomic E-state index is 0.107. The lowest BCUT2D eigenvalue weighted by Gasteiger charge is -2.18. The maximum atomic E-state index is 14.1. The predicted octanol–water partition coefficient (Wildman–Crippen LogP) is 3.31. The molecule has 4 rings (SSSR count). The fraction of sp³-hybridized carbons (Fsp3) is 0.250. The van der Waals surface area contributed by atoms with Gasteiger partial charge in [-0.15, -0.1) is 0 Å². The van der Waals surface area contributed by atoms with Gasteiger partial charge >= 0.3 is 0 Å². The first-order chi connectivity index (χ1) is 20.2. The highest BCUT2D eigenvalue weighted by Crippen LogP contribution is 2.45. The van der Waals surface area contributed by atoms with Crippen LogP contribution >= 0.6 is 23.2 Å². The van der Waals surface area contributed by atoms with Crippen LogP contribution in [0.5, 0.6) is 11.5 Å². The van der Waals surface area contributed by atoms with Crippen LogP contribution in [-0.4, -0.2) is 69.1 Å². The van der Waals surface area contributed by atoms with Crippen molar-refractivity contribution in [3.8, 4) is 22.6 Å². The Bertz CT molecular complexity index is 1650. The number of methoxy groups -OCH3 is 2. The van der Waals surface area contributed by atoms with Crippen LogP contribution in [0.1, 0.15) is 5.69 Å². The number of hydrogen-bond donors (Lipinski definition) is 4. The van der Waals surface area contributed by atoms with Crippen LogP contribution < -0.4 is 25.7 Å². The molecular weight excluding hydrogens is 587 g/mol. The third kappa shape index (κ3) is 6.47. The smallest absolute Gasteiger partial charge is 0.260 e. The number of nitrogens with zero attached hydrogens (tertiary/aromatic N) is 4. The summed E-state index contributed by atoms with van der Waals surface area (Å²) in [4.78, 5) is 38.9. The van der Waals surface area contributed by atoms with Gasteiger partial charge in [-0.3, -0.25) is 19.1 Å². The van der Waals surface area contributed by atoms with Crippen molar-refractivity contribution in [1.29, 1.82) is 0 Å². The summed E-state index contributed by atoms with van der Waals surface area (Å²) in [7, 11) is 2.87. The minimum atomic E-state index is -0.701. The zero-order chi connectivity index (χ0) is 30.4. The van der Waals surface area contributed by atoms with E-state index in [4.69, 9.17) is 32.7 Å². The summed E-state index contributed by atoms with van der Waals surface area (Å²) in [5.74, 6) is 0.277. The van der Waals surface area contributed by atoms with Crippen molar-refractivity contribution in [3.05, 3.63) is 75.4 Å². The molecule has 0 unspecified atom stereocenters. The molecule has 4 aromatic rings. The van der Waals surface area contributed by atoms with Gasteiger partial charge in [0.15, 0.2) is 0 Å². The SMILES string of the molecule is C=CC(=O)Nc1ccc(CCn2c(=O)c(-c3c(Cl)c(OC)cc(OC)c3Cl)cc3cnc(NC(CO)CO)nc32)nc1. The number of hydrogen-bond acceptors (Lipinski definition) is 10. The molecule has 12 nitrogen and oxygen atoms in total. The topological polar surface area (TPSA) is 161 Å². The van der Waals surface area contributed by atoms with Crippen LogP contribution in [0.25, 0.3) is 22.2 Å². The number of aliphatic hydroxyl groups is 2. The second-order valence-electron chi connectivity index (χ2n) is 8.96. The lowest BCUT2D eigenvalue weighted by Crippen LogP contribution is -2.29. The van der Waals surface area contributed by atoms with E-state index in [1.807, 2.05) is 0 Å². The molecule has 14 heteroatoms. The largest absolute Gasteiger partial charge is 0.495 e. The summed E-state index contributed by atoms with van der Waals surface area (Å²) < 4.78 is 12.2. The zero-order valence-corrected chi connectivity index (χ0v) is 24.2. The fourth-order valence-electron chi connectivity index (χ4n) is 4.13. The van der Waals surface area contributed by atoms with Crippen molar-refractivity contribution in [3.63, 3.8) is 0 Å². The highest BCUT2D eigenvalue weighted by Gasteiger charge is 2.23. The predicted molar refractivity (Wildman–Crippen MR) is 161 cm³/mol. The van der Waals surface area contributed by atoms with Gasteiger partial charge in [0.2, 0.25) is 11.9 Å². The number of fused-ring (bicyclic) bond motifs is 1. The first kappa shape index (κ1) is 30.7. The van der Waals surface area contributed by atoms with Crippen molar-refractivity contribution in [2.75, 3.05) is 38.1 Å². The average Bonchev–Trinajstić information content (AvgIpc) is 3.00. The second kappa shape index (κ2) is 13.6. The van der Waals surface area contributed by atoms with E-state index in [-0.39, 0.29) is 69.9 Å². The summed E-state index contributed by atoms with van der Waals surface area (Å²) in [5.41, 5.74) is 1.35. The van der Waals surface area contributed by atoms with Crippen LogP contribution in [0.15, 0.2) is 54.1 Å². The fourth-order valence-corrected chi connectivity index (χ4v) is 4.84. The molecule has 0 aliphatic carbocycles. The number of rotatable bonds is 12. The molecular formula is C28H28Cl2N6O6. The van der Waals surface area contributed by atoms with Crippen molar-refractivity contribution < 1.29 is 24.5 Å². The lowest BCUT2D eigenvalue weighted by atomic mass is 10.0. The molecule has 0 saturated carbocycles. The summed E-state index contributed by atoms with van der Waals surface area (Å²) >= 11 is 13.3. The highest BCUT2D eigenvalue weighted by atomic mass is 35.5. The zero-order valence-electron chi connectivity index (χ0n) is 22.7. The van der Waals surface area contributed by atoms with Gasteiger partial charge in [-0.2, -0.15) is 4.98 Å². The molecule has 3 heterocycles. The number of carbonyl (C=O) groups is 1. The van der Waals surface area contributed by atoms with Gasteiger partial charge in [0.1, 0.15) is 17.1 Å². The molecule has 0 aliphatic heterocycles. The van der Waals surface area contributed by atoms with E-state index in [1.165, 1.54) is 37.2 Å². The van der Waals surface area contributed by atoms with Gasteiger partial charge in [-0.1, -0.05) is 29.8 Å². The Hall–Kier alpha value is -4.23. The number of nitrogens with one attached hydrogen (secondary N) is 2. The van der Waals surface area contributed by atoms with Gasteiger partial charge in [0.25, 0.3) is 5.56 Å². The molecule has 0 aliphatic rings. The molecule has 1 aromatic carbocycles. The molecule has 42 heavy (non-hydrogen) atoms. The molecule has 0 spiro atoms. The molecule has 1 amide bonds. The van der Waals surface area contributed by atoms with Gasteiger partial charge < -0.3 is 30.3 Å². The molecule has 0 atom stereocenters. The molecule has 3 aromatic heterocycles. The normalized spacial score (nSPS) is 11.0. The van der Waals surface area contributed by atoms with E-state index in [2.05, 4.69) is 32.2 Å². The summed E-state index contributed by atoms with van der Waals surface area (Å²) in [5, 5.41) is 25.2. The Morgan fingerprint density at radius 1 is 1.10 bits per heavy atom. The molecule has 0 bridgehead atoms. The van der Waals surface area contributed by atoms with E-state index in [0.29, 0.717) is 23.2 Å². The number of pyridine rings is 2. The van der Waals surface area contributed by atoms with Gasteiger partial charge in [-0.25, -0.2) is 4.98 Å². The first-order valence-corrected chi connectivity index (χ1v) is 13.4. The number of aromatic nitrogens is 4. The van der Waals surface area contributed by atoms with Crippen LogP contribution in [0, 0.1) is 0 Å². The highest BCUT2D eigenvalue weighted by molar-refractivity contribution is 6.41. The number of amides is 1. The Balaban J connectivity index is 1.85. The monoisotopic (exact) mass is 614 g/mol. The Kier molecular flexibility index (Phi) is 9.96. The van der Waals surface area contributed by atoms with Crippen LogP contribution in [0.3, 0.4) is 0 Å². The molecule has 220 valence electrons. The number of carbonyl (C=O) groups excluding carboxylic acids is 1. The van der Waals surface area contributed by atoms with Crippen molar-refractivity contribution >= 4 is 51.8 Å². The number of benzene rings is 1. The van der Waals surface area contributed by atoms with E-state index >= 15 is 0 Å². The maximum absolute atomic E-state index is 14.1. The maximum Gasteiger partial charge on any atom is 0.260 e. The Morgan fingerprint density at radius 2 is 1.79 bits per heavy atom. The van der Waals surface area contributed by atoms with E-state index in [0.717, 1.165) is 6.08 Å². The molecule has 0 fully saturated rings. The van der Waals surface area contributed by atoms with Crippen molar-refractivity contribution in [1.82, 2.24) is 19.5 Å². The number of anilines is 2. The Labute approximate surface area is 250 Å². The van der Waals surface area contributed by atoms with Gasteiger partial charge in [0.05, 0.1) is 61.0 Å². The Morgan fingerprint density at radius 3 is 2.36 bits per heavy atom. The van der Waals surface area contributed by atoms with E-state index in [9.17, 15) is 19.8 Å². The number of halogens is 2.